The molecule has 0 saturated heterocycles. The minimum atomic E-state index is -0.152. The second kappa shape index (κ2) is 6.06. The van der Waals surface area contributed by atoms with Crippen molar-refractivity contribution in [1.29, 1.82) is 0 Å². The van der Waals surface area contributed by atoms with Crippen LogP contribution >= 0.6 is 11.6 Å². The van der Waals surface area contributed by atoms with E-state index in [-0.39, 0.29) is 5.56 Å². The van der Waals surface area contributed by atoms with Gasteiger partial charge < -0.3 is 5.32 Å². The molecule has 0 spiro atoms. The van der Waals surface area contributed by atoms with Crippen molar-refractivity contribution in [2.24, 2.45) is 5.92 Å². The van der Waals surface area contributed by atoms with Crippen molar-refractivity contribution < 1.29 is 0 Å². The van der Waals surface area contributed by atoms with E-state index in [9.17, 15) is 4.79 Å². The largest absolute Gasteiger partial charge is 0.353 e. The number of nitrogens with one attached hydrogen (secondary N) is 2. The summed E-state index contributed by atoms with van der Waals surface area (Å²) in [5.74, 6) is 1.21. The van der Waals surface area contributed by atoms with Crippen LogP contribution in [-0.2, 0) is 0 Å². The average Bonchev–Trinajstić information content (AvgIpc) is 2.49. The summed E-state index contributed by atoms with van der Waals surface area (Å²) in [6, 6.07) is 5.50. The van der Waals surface area contributed by atoms with Gasteiger partial charge in [-0.25, -0.2) is 4.98 Å². The first-order chi connectivity index (χ1) is 10.1. The predicted octanol–water partition coefficient (Wildman–Crippen LogP) is 3.96. The van der Waals surface area contributed by atoms with E-state index in [1.807, 2.05) is 0 Å². The SMILES string of the molecule is C[C@H](Nc1nc2ccc(Cl)cc2c(=O)[nH]1)C1CCCCC1. The van der Waals surface area contributed by atoms with Gasteiger partial charge in [0.15, 0.2) is 0 Å². The van der Waals surface area contributed by atoms with E-state index in [0.29, 0.717) is 33.8 Å². The van der Waals surface area contributed by atoms with Gasteiger partial charge in [0, 0.05) is 11.1 Å². The summed E-state index contributed by atoms with van der Waals surface area (Å²) >= 11 is 5.92. The number of hydrogen-bond donors (Lipinski definition) is 2. The fourth-order valence-corrected chi connectivity index (χ4v) is 3.32. The summed E-state index contributed by atoms with van der Waals surface area (Å²) in [5.41, 5.74) is 0.516. The van der Waals surface area contributed by atoms with Crippen molar-refractivity contribution in [3.63, 3.8) is 0 Å². The molecule has 5 heteroatoms. The van der Waals surface area contributed by atoms with E-state index in [1.54, 1.807) is 18.2 Å². The lowest BCUT2D eigenvalue weighted by Gasteiger charge is -2.28. The molecule has 0 bridgehead atoms. The first kappa shape index (κ1) is 14.4. The van der Waals surface area contributed by atoms with Crippen LogP contribution in [-0.4, -0.2) is 16.0 Å². The highest BCUT2D eigenvalue weighted by Crippen LogP contribution is 2.27. The molecule has 1 heterocycles. The van der Waals surface area contributed by atoms with Crippen LogP contribution in [0.2, 0.25) is 5.02 Å². The molecule has 3 rings (SSSR count). The molecule has 1 fully saturated rings. The Hall–Kier alpha value is -1.55. The van der Waals surface area contributed by atoms with E-state index < -0.39 is 0 Å². The lowest BCUT2D eigenvalue weighted by molar-refractivity contribution is 0.327. The third-order valence-corrected chi connectivity index (χ3v) is 4.62. The van der Waals surface area contributed by atoms with Crippen LogP contribution in [0, 0.1) is 5.92 Å². The molecule has 0 aliphatic heterocycles. The Morgan fingerprint density at radius 2 is 2.10 bits per heavy atom. The molecule has 0 radical (unpaired) electrons. The number of aromatic amines is 1. The molecule has 1 aliphatic carbocycles. The number of fused-ring (bicyclic) bond motifs is 1. The van der Waals surface area contributed by atoms with Crippen LogP contribution in [0.3, 0.4) is 0 Å². The maximum Gasteiger partial charge on any atom is 0.260 e. The molecular formula is C16H20ClN3O. The van der Waals surface area contributed by atoms with Crippen LogP contribution in [0.5, 0.6) is 0 Å². The topological polar surface area (TPSA) is 57.8 Å². The average molecular weight is 306 g/mol. The monoisotopic (exact) mass is 305 g/mol. The van der Waals surface area contributed by atoms with Crippen LogP contribution in [0.4, 0.5) is 5.95 Å². The zero-order chi connectivity index (χ0) is 14.8. The van der Waals surface area contributed by atoms with Gasteiger partial charge in [-0.15, -0.1) is 0 Å². The molecule has 21 heavy (non-hydrogen) atoms. The summed E-state index contributed by atoms with van der Waals surface area (Å²) in [6.07, 6.45) is 6.45. The lowest BCUT2D eigenvalue weighted by Crippen LogP contribution is -2.29. The van der Waals surface area contributed by atoms with Crippen molar-refractivity contribution in [3.8, 4) is 0 Å². The Kier molecular flexibility index (Phi) is 4.15. The van der Waals surface area contributed by atoms with Gasteiger partial charge in [-0.2, -0.15) is 0 Å². The van der Waals surface area contributed by atoms with E-state index in [1.165, 1.54) is 32.1 Å². The van der Waals surface area contributed by atoms with Crippen LogP contribution in [0.15, 0.2) is 23.0 Å². The van der Waals surface area contributed by atoms with Crippen molar-refractivity contribution in [2.75, 3.05) is 5.32 Å². The number of H-pyrrole nitrogens is 1. The Labute approximate surface area is 128 Å². The predicted molar refractivity (Wildman–Crippen MR) is 87.0 cm³/mol. The zero-order valence-electron chi connectivity index (χ0n) is 12.2. The highest BCUT2D eigenvalue weighted by atomic mass is 35.5. The number of halogens is 1. The Morgan fingerprint density at radius 3 is 2.86 bits per heavy atom. The number of rotatable bonds is 3. The second-order valence-corrected chi connectivity index (χ2v) is 6.34. The molecule has 1 aliphatic rings. The normalized spacial score (nSPS) is 17.8. The molecule has 1 saturated carbocycles. The van der Waals surface area contributed by atoms with E-state index in [4.69, 9.17) is 11.6 Å². The van der Waals surface area contributed by atoms with Gasteiger partial charge in [-0.1, -0.05) is 30.9 Å². The van der Waals surface area contributed by atoms with Crippen LogP contribution in [0.1, 0.15) is 39.0 Å². The minimum absolute atomic E-state index is 0.152. The maximum atomic E-state index is 12.1. The highest BCUT2D eigenvalue weighted by molar-refractivity contribution is 6.31. The second-order valence-electron chi connectivity index (χ2n) is 5.91. The fourth-order valence-electron chi connectivity index (χ4n) is 3.15. The number of nitrogens with zero attached hydrogens (tertiary/aromatic N) is 1. The van der Waals surface area contributed by atoms with Gasteiger partial charge in [0.25, 0.3) is 5.56 Å². The van der Waals surface area contributed by atoms with Gasteiger partial charge in [0.05, 0.1) is 10.9 Å². The zero-order valence-corrected chi connectivity index (χ0v) is 12.9. The quantitative estimate of drug-likeness (QED) is 0.902. The molecule has 0 unspecified atom stereocenters. The Balaban J connectivity index is 1.84. The molecule has 1 aromatic carbocycles. The first-order valence-corrected chi connectivity index (χ1v) is 7.97. The number of anilines is 1. The van der Waals surface area contributed by atoms with Crippen molar-refractivity contribution in [2.45, 2.75) is 45.1 Å². The van der Waals surface area contributed by atoms with Gasteiger partial charge in [0.2, 0.25) is 5.95 Å². The fraction of sp³-hybridized carbons (Fsp3) is 0.500. The maximum absolute atomic E-state index is 12.1. The molecule has 2 N–H and O–H groups in total. The summed E-state index contributed by atoms with van der Waals surface area (Å²) in [6.45, 7) is 2.17. The molecule has 4 nitrogen and oxygen atoms in total. The highest BCUT2D eigenvalue weighted by Gasteiger charge is 2.20. The van der Waals surface area contributed by atoms with Crippen molar-refractivity contribution >= 4 is 28.5 Å². The van der Waals surface area contributed by atoms with Gasteiger partial charge in [-0.3, -0.25) is 9.78 Å². The third kappa shape index (κ3) is 3.21. The van der Waals surface area contributed by atoms with E-state index in [0.717, 1.165) is 0 Å². The van der Waals surface area contributed by atoms with Crippen molar-refractivity contribution in [3.05, 3.63) is 33.6 Å². The Morgan fingerprint density at radius 1 is 1.33 bits per heavy atom. The summed E-state index contributed by atoms with van der Waals surface area (Å²) in [5, 5.41) is 4.43. The number of hydrogen-bond acceptors (Lipinski definition) is 3. The van der Waals surface area contributed by atoms with E-state index in [2.05, 4.69) is 22.2 Å². The standard InChI is InChI=1S/C16H20ClN3O/c1-10(11-5-3-2-4-6-11)18-16-19-14-8-7-12(17)9-13(14)15(21)20-16/h7-11H,2-6H2,1H3,(H2,18,19,20,21)/t10-/m0/s1. The number of aromatic nitrogens is 2. The molecule has 1 atom stereocenters. The van der Waals surface area contributed by atoms with Gasteiger partial charge in [-0.05, 0) is 43.9 Å². The summed E-state index contributed by atoms with van der Waals surface area (Å²) < 4.78 is 0. The van der Waals surface area contributed by atoms with Gasteiger partial charge >= 0.3 is 0 Å². The smallest absolute Gasteiger partial charge is 0.260 e. The van der Waals surface area contributed by atoms with E-state index >= 15 is 0 Å². The molecule has 2 aromatic rings. The third-order valence-electron chi connectivity index (χ3n) is 4.39. The number of benzene rings is 1. The molecule has 112 valence electrons. The van der Waals surface area contributed by atoms with Crippen LogP contribution in [0.25, 0.3) is 10.9 Å². The summed E-state index contributed by atoms with van der Waals surface area (Å²) in [7, 11) is 0. The first-order valence-electron chi connectivity index (χ1n) is 7.59. The van der Waals surface area contributed by atoms with Crippen LogP contribution < -0.4 is 10.9 Å². The van der Waals surface area contributed by atoms with Crippen molar-refractivity contribution in [1.82, 2.24) is 9.97 Å². The molecule has 1 aromatic heterocycles. The summed E-state index contributed by atoms with van der Waals surface area (Å²) in [4.78, 5) is 19.4. The molecular weight excluding hydrogens is 286 g/mol. The molecule has 0 amide bonds. The van der Waals surface area contributed by atoms with Gasteiger partial charge in [0.1, 0.15) is 0 Å². The minimum Gasteiger partial charge on any atom is -0.353 e. The lowest BCUT2D eigenvalue weighted by atomic mass is 9.85. The Bertz CT molecular complexity index is 691.